The van der Waals surface area contributed by atoms with Crippen LogP contribution in [0.1, 0.15) is 76.8 Å². The summed E-state index contributed by atoms with van der Waals surface area (Å²) in [7, 11) is 0. The Hall–Kier alpha value is -2.50. The summed E-state index contributed by atoms with van der Waals surface area (Å²) in [5.41, 5.74) is 1.59. The average molecular weight is 463 g/mol. The SMILES string of the molecule is CCCCCCCN(Cc1ccc(CC(CC)CC)cc1)C(=O)Nc1c(F)cc(F)cc1F. The number of halogens is 3. The van der Waals surface area contributed by atoms with Crippen LogP contribution in [0.3, 0.4) is 0 Å². The summed E-state index contributed by atoms with van der Waals surface area (Å²) >= 11 is 0. The van der Waals surface area contributed by atoms with E-state index in [0.29, 0.717) is 31.1 Å². The van der Waals surface area contributed by atoms with Crippen LogP contribution in [0.15, 0.2) is 36.4 Å². The lowest BCUT2D eigenvalue weighted by atomic mass is 9.94. The number of amides is 2. The standard InChI is InChI=1S/C27H37F3N2O/c1-4-7-8-9-10-15-32(27(33)31-26-24(29)17-23(28)18-25(26)30)19-22-13-11-21(12-14-22)16-20(5-2)6-3/h11-14,17-18,20H,4-10,15-16,19H2,1-3H3,(H,31,33). The van der Waals surface area contributed by atoms with Crippen molar-refractivity contribution in [1.29, 1.82) is 0 Å². The highest BCUT2D eigenvalue weighted by Crippen LogP contribution is 2.22. The van der Waals surface area contributed by atoms with Crippen LogP contribution >= 0.6 is 0 Å². The molecule has 2 amide bonds. The lowest BCUT2D eigenvalue weighted by Crippen LogP contribution is -2.35. The predicted molar refractivity (Wildman–Crippen MR) is 129 cm³/mol. The fourth-order valence-electron chi connectivity index (χ4n) is 3.92. The highest BCUT2D eigenvalue weighted by molar-refractivity contribution is 5.89. The second kappa shape index (κ2) is 13.9. The number of hydrogen-bond acceptors (Lipinski definition) is 1. The summed E-state index contributed by atoms with van der Waals surface area (Å²) in [5.74, 6) is -2.63. The van der Waals surface area contributed by atoms with E-state index in [4.69, 9.17) is 0 Å². The molecule has 0 saturated carbocycles. The van der Waals surface area contributed by atoms with Crippen LogP contribution in [0, 0.1) is 23.4 Å². The number of carbonyl (C=O) groups is 1. The topological polar surface area (TPSA) is 32.3 Å². The Morgan fingerprint density at radius 1 is 0.879 bits per heavy atom. The molecule has 0 fully saturated rings. The van der Waals surface area contributed by atoms with Crippen molar-refractivity contribution in [3.8, 4) is 0 Å². The number of carbonyl (C=O) groups excluding carboxylic acids is 1. The zero-order chi connectivity index (χ0) is 24.2. The van der Waals surface area contributed by atoms with Gasteiger partial charge in [-0.15, -0.1) is 0 Å². The first-order valence-corrected chi connectivity index (χ1v) is 12.2. The van der Waals surface area contributed by atoms with E-state index in [1.54, 1.807) is 4.90 Å². The molecule has 0 atom stereocenters. The van der Waals surface area contributed by atoms with E-state index < -0.39 is 29.2 Å². The lowest BCUT2D eigenvalue weighted by molar-refractivity contribution is 0.207. The maximum absolute atomic E-state index is 14.0. The fraction of sp³-hybridized carbons (Fsp3) is 0.519. The number of hydrogen-bond donors (Lipinski definition) is 1. The zero-order valence-electron chi connectivity index (χ0n) is 20.1. The van der Waals surface area contributed by atoms with Gasteiger partial charge in [0, 0.05) is 25.2 Å². The molecule has 0 unspecified atom stereocenters. The Morgan fingerprint density at radius 3 is 2.03 bits per heavy atom. The van der Waals surface area contributed by atoms with E-state index in [1.165, 1.54) is 5.56 Å². The third-order valence-corrected chi connectivity index (χ3v) is 6.13. The smallest absolute Gasteiger partial charge is 0.320 e. The van der Waals surface area contributed by atoms with Crippen LogP contribution in [0.4, 0.5) is 23.7 Å². The third kappa shape index (κ3) is 8.75. The molecule has 33 heavy (non-hydrogen) atoms. The first-order chi connectivity index (χ1) is 15.9. The van der Waals surface area contributed by atoms with Crippen LogP contribution in [-0.4, -0.2) is 17.5 Å². The molecule has 0 heterocycles. The van der Waals surface area contributed by atoms with Gasteiger partial charge in [-0.2, -0.15) is 0 Å². The molecule has 2 aromatic carbocycles. The number of benzene rings is 2. The number of anilines is 1. The molecule has 1 N–H and O–H groups in total. The van der Waals surface area contributed by atoms with Gasteiger partial charge in [0.25, 0.3) is 0 Å². The van der Waals surface area contributed by atoms with Crippen molar-refractivity contribution < 1.29 is 18.0 Å². The lowest BCUT2D eigenvalue weighted by Gasteiger charge is -2.24. The molecule has 0 bridgehead atoms. The first-order valence-electron chi connectivity index (χ1n) is 12.2. The van der Waals surface area contributed by atoms with Crippen LogP contribution in [0.2, 0.25) is 0 Å². The number of rotatable bonds is 13. The van der Waals surface area contributed by atoms with Crippen LogP contribution < -0.4 is 5.32 Å². The number of urea groups is 1. The molecule has 0 aliphatic heterocycles. The van der Waals surface area contributed by atoms with Gasteiger partial charge in [0.2, 0.25) is 0 Å². The number of nitrogens with zero attached hydrogens (tertiary/aromatic N) is 1. The zero-order valence-corrected chi connectivity index (χ0v) is 20.1. The predicted octanol–water partition coefficient (Wildman–Crippen LogP) is 8.09. The van der Waals surface area contributed by atoms with Crippen LogP contribution in [0.25, 0.3) is 0 Å². The second-order valence-electron chi connectivity index (χ2n) is 8.71. The summed E-state index contributed by atoms with van der Waals surface area (Å²) < 4.78 is 41.3. The molecule has 2 rings (SSSR count). The average Bonchev–Trinajstić information content (AvgIpc) is 2.79. The molecule has 0 aliphatic carbocycles. The van der Waals surface area contributed by atoms with Crippen molar-refractivity contribution in [2.24, 2.45) is 5.92 Å². The Kier molecular flexibility index (Phi) is 11.3. The Balaban J connectivity index is 2.10. The van der Waals surface area contributed by atoms with Gasteiger partial charge in [-0.05, 0) is 29.9 Å². The minimum Gasteiger partial charge on any atom is -0.320 e. The summed E-state index contributed by atoms with van der Waals surface area (Å²) in [5, 5.41) is 2.30. The van der Waals surface area contributed by atoms with Crippen molar-refractivity contribution in [3.05, 3.63) is 65.0 Å². The Bertz CT molecular complexity index is 843. The van der Waals surface area contributed by atoms with Crippen molar-refractivity contribution >= 4 is 11.7 Å². The van der Waals surface area contributed by atoms with Gasteiger partial charge in [-0.25, -0.2) is 18.0 Å². The summed E-state index contributed by atoms with van der Waals surface area (Å²) in [6, 6.07) is 8.71. The molecule has 0 saturated heterocycles. The van der Waals surface area contributed by atoms with E-state index in [0.717, 1.165) is 56.9 Å². The van der Waals surface area contributed by atoms with Gasteiger partial charge in [-0.3, -0.25) is 0 Å². The molecule has 0 aliphatic rings. The third-order valence-electron chi connectivity index (χ3n) is 6.13. The van der Waals surface area contributed by atoms with Crippen molar-refractivity contribution in [3.63, 3.8) is 0 Å². The normalized spacial score (nSPS) is 11.1. The number of nitrogens with one attached hydrogen (secondary N) is 1. The van der Waals surface area contributed by atoms with Crippen molar-refractivity contribution in [1.82, 2.24) is 4.90 Å². The molecule has 6 heteroatoms. The van der Waals surface area contributed by atoms with E-state index in [-0.39, 0.29) is 0 Å². The van der Waals surface area contributed by atoms with Gasteiger partial charge in [0.05, 0.1) is 0 Å². The van der Waals surface area contributed by atoms with E-state index in [9.17, 15) is 18.0 Å². The van der Waals surface area contributed by atoms with Crippen molar-refractivity contribution in [2.75, 3.05) is 11.9 Å². The maximum atomic E-state index is 14.0. The van der Waals surface area contributed by atoms with E-state index in [2.05, 4.69) is 38.2 Å². The molecule has 0 spiro atoms. The maximum Gasteiger partial charge on any atom is 0.322 e. The Labute approximate surface area is 196 Å². The van der Waals surface area contributed by atoms with E-state index in [1.807, 2.05) is 12.1 Å². The second-order valence-corrected chi connectivity index (χ2v) is 8.71. The minimum atomic E-state index is -1.13. The molecular formula is C27H37F3N2O. The van der Waals surface area contributed by atoms with Gasteiger partial charge in [0.15, 0.2) is 11.6 Å². The monoisotopic (exact) mass is 462 g/mol. The highest BCUT2D eigenvalue weighted by Gasteiger charge is 2.19. The van der Waals surface area contributed by atoms with Crippen LogP contribution in [-0.2, 0) is 13.0 Å². The first kappa shape index (κ1) is 26.7. The molecule has 0 radical (unpaired) electrons. The Morgan fingerprint density at radius 2 is 1.45 bits per heavy atom. The summed E-state index contributed by atoms with van der Waals surface area (Å²) in [6.45, 7) is 7.34. The molecule has 0 aromatic heterocycles. The molecule has 182 valence electrons. The van der Waals surface area contributed by atoms with Crippen molar-refractivity contribution in [2.45, 2.75) is 78.7 Å². The molecule has 2 aromatic rings. The fourth-order valence-corrected chi connectivity index (χ4v) is 3.92. The van der Waals surface area contributed by atoms with Gasteiger partial charge >= 0.3 is 6.03 Å². The minimum absolute atomic E-state index is 0.329. The number of unbranched alkanes of at least 4 members (excludes halogenated alkanes) is 4. The highest BCUT2D eigenvalue weighted by atomic mass is 19.1. The molecule has 3 nitrogen and oxygen atoms in total. The van der Waals surface area contributed by atoms with Gasteiger partial charge in [-0.1, -0.05) is 83.6 Å². The van der Waals surface area contributed by atoms with Gasteiger partial charge < -0.3 is 10.2 Å². The quantitative estimate of drug-likeness (QED) is 0.300. The largest absolute Gasteiger partial charge is 0.322 e. The van der Waals surface area contributed by atoms with E-state index >= 15 is 0 Å². The summed E-state index contributed by atoms with van der Waals surface area (Å²) in [6.07, 6.45) is 8.42. The summed E-state index contributed by atoms with van der Waals surface area (Å²) in [4.78, 5) is 14.5. The molecular weight excluding hydrogens is 425 g/mol. The van der Waals surface area contributed by atoms with Crippen LogP contribution in [0.5, 0.6) is 0 Å². The van der Waals surface area contributed by atoms with Gasteiger partial charge in [0.1, 0.15) is 11.5 Å².